The fourth-order valence-electron chi connectivity index (χ4n) is 19.8. The molecule has 7 aliphatic carbocycles. The second-order valence-corrected chi connectivity index (χ2v) is 41.7. The van der Waals surface area contributed by atoms with E-state index in [1.54, 1.807) is 20.8 Å². The smallest absolute Gasteiger partial charge is 0.333 e. The van der Waals surface area contributed by atoms with Crippen molar-refractivity contribution in [2.75, 3.05) is 0 Å². The van der Waals surface area contributed by atoms with Crippen molar-refractivity contribution in [1.29, 1.82) is 0 Å². The summed E-state index contributed by atoms with van der Waals surface area (Å²) < 4.78 is 38.4. The first-order valence-corrected chi connectivity index (χ1v) is 58.3. The van der Waals surface area contributed by atoms with Gasteiger partial charge >= 0.3 is 41.8 Å². The average molecular weight is 1910 g/mol. The van der Waals surface area contributed by atoms with Crippen molar-refractivity contribution >= 4 is 41.8 Å². The van der Waals surface area contributed by atoms with Crippen LogP contribution in [0.5, 0.6) is 0 Å². The predicted molar refractivity (Wildman–Crippen MR) is 575 cm³/mol. The van der Waals surface area contributed by atoms with Crippen molar-refractivity contribution in [3.05, 3.63) is 87.1 Å². The molecule has 7 rings (SSSR count). The zero-order valence-electron chi connectivity index (χ0n) is 89.4. The first kappa shape index (κ1) is 128. The fraction of sp³-hybridized carbons (Fsp3) is 0.828. The Balaban J connectivity index is 0.000000798. The number of rotatable bonds is 14. The molecule has 0 aromatic carbocycles. The molecular formula is C122H216O14. The quantitative estimate of drug-likeness (QED) is 0.0909. The van der Waals surface area contributed by atoms with Crippen molar-refractivity contribution in [1.82, 2.24) is 0 Å². The van der Waals surface area contributed by atoms with Crippen molar-refractivity contribution in [3.8, 4) is 0 Å². The Morgan fingerprint density at radius 3 is 0.294 bits per heavy atom. The van der Waals surface area contributed by atoms with E-state index >= 15 is 0 Å². The number of hydrogen-bond donors (Lipinski definition) is 0. The maximum absolute atomic E-state index is 11.8. The van der Waals surface area contributed by atoms with E-state index in [-0.39, 0.29) is 84.5 Å². The summed E-state index contributed by atoms with van der Waals surface area (Å²) in [5, 5.41) is 0. The number of ether oxygens (including phenoxy) is 7. The van der Waals surface area contributed by atoms with Gasteiger partial charge in [-0.2, -0.15) is 0 Å². The van der Waals surface area contributed by atoms with Crippen LogP contribution in [0.15, 0.2) is 87.1 Å². The molecule has 788 valence electrons. The lowest BCUT2D eigenvalue weighted by molar-refractivity contribution is -0.145. The molecule has 0 aromatic rings. The highest BCUT2D eigenvalue weighted by molar-refractivity contribution is 5.88. The standard InChI is InChI=1S/C22H40O2.C21H38O2.C19H34O2.C18H32O2.C16H28O2.C15H26O2.C11H18O2/c1-20(2)22(23)24-21-18-16-14-12-10-8-6-4-3-5-7-9-11-13-15-17-19-21;1-2-21(22)23-20-18-16-14-12-10-8-6-4-3-5-7-9-11-13-15-17-19-20;1-17(2)19(20)21-18-15-13-11-9-7-5-3-4-6-8-10-12-14-16-18;1-2-18(19)20-17-15-13-11-9-7-5-3-4-6-8-10-12-14-16-17;1-14(2)16(17)18-15-12-10-8-6-4-3-5-7-9-11-13-15;1-2-15(16)17-14-12-10-8-6-4-3-5-7-9-11-13-14;1-2-11(12)13-10-8-6-4-3-5-7-9-10/h21H,1,3-19H2,2H3;2,20H,1,3-19H2;18H,1,3-16H2,2H3;2,17H,1,3-16H2;15H,1,3-13H2,2H3;2,14H,1,3-13H2;2,10H,1,3-9H2. The second kappa shape index (κ2) is 98.3. The van der Waals surface area contributed by atoms with Crippen LogP contribution in [0.1, 0.15) is 605 Å². The van der Waals surface area contributed by atoms with Crippen LogP contribution in [-0.2, 0) is 66.7 Å². The third kappa shape index (κ3) is 87.5. The zero-order valence-corrected chi connectivity index (χ0v) is 89.4. The molecule has 0 radical (unpaired) electrons. The number of carbonyl (C=O) groups is 7. The Labute approximate surface area is 838 Å². The molecule has 0 N–H and O–H groups in total. The van der Waals surface area contributed by atoms with Crippen LogP contribution in [-0.4, -0.2) is 84.5 Å². The van der Waals surface area contributed by atoms with Crippen LogP contribution in [0.25, 0.3) is 0 Å². The molecule has 0 amide bonds. The third-order valence-electron chi connectivity index (χ3n) is 28.5. The molecule has 0 bridgehead atoms. The number of carbonyl (C=O) groups excluding carboxylic acids is 7. The molecular weight excluding hydrogens is 1690 g/mol. The van der Waals surface area contributed by atoms with Gasteiger partial charge in [0.15, 0.2) is 0 Å². The van der Waals surface area contributed by atoms with E-state index in [4.69, 9.17) is 33.2 Å². The minimum absolute atomic E-state index is 0.105. The van der Waals surface area contributed by atoms with Gasteiger partial charge in [0.1, 0.15) is 42.7 Å². The molecule has 14 nitrogen and oxygen atoms in total. The maximum atomic E-state index is 11.8. The van der Waals surface area contributed by atoms with Crippen molar-refractivity contribution in [3.63, 3.8) is 0 Å². The molecule has 0 atom stereocenters. The van der Waals surface area contributed by atoms with E-state index in [1.165, 1.54) is 519 Å². The minimum atomic E-state index is -0.273. The second-order valence-electron chi connectivity index (χ2n) is 41.7. The lowest BCUT2D eigenvalue weighted by Crippen LogP contribution is -2.18. The normalized spacial score (nSPS) is 21.1. The summed E-state index contributed by atoms with van der Waals surface area (Å²) in [5.74, 6) is -1.68. The topological polar surface area (TPSA) is 184 Å². The highest BCUT2D eigenvalue weighted by Gasteiger charge is 2.22. The van der Waals surface area contributed by atoms with Crippen LogP contribution in [0.2, 0.25) is 0 Å². The van der Waals surface area contributed by atoms with Gasteiger partial charge in [-0.05, 0) is 201 Å². The van der Waals surface area contributed by atoms with Crippen LogP contribution >= 0.6 is 0 Å². The van der Waals surface area contributed by atoms with Crippen LogP contribution in [0, 0.1) is 0 Å². The molecule has 0 saturated heterocycles. The summed E-state index contributed by atoms with van der Waals surface area (Å²) in [4.78, 5) is 80.1. The molecule has 136 heavy (non-hydrogen) atoms. The van der Waals surface area contributed by atoms with Crippen LogP contribution in [0.4, 0.5) is 0 Å². The first-order chi connectivity index (χ1) is 66.4. The summed E-state index contributed by atoms with van der Waals surface area (Å²) in [6.07, 6.45) is 123. The third-order valence-corrected chi connectivity index (χ3v) is 28.5. The molecule has 0 aromatic heterocycles. The summed E-state index contributed by atoms with van der Waals surface area (Å²) in [6.45, 7) is 30.1. The molecule has 7 aliphatic rings. The van der Waals surface area contributed by atoms with Gasteiger partial charge in [0, 0.05) is 41.0 Å². The zero-order chi connectivity index (χ0) is 98.9. The maximum Gasteiger partial charge on any atom is 0.333 e. The van der Waals surface area contributed by atoms with Crippen molar-refractivity contribution < 1.29 is 66.7 Å². The van der Waals surface area contributed by atoms with Gasteiger partial charge < -0.3 is 33.2 Å². The van der Waals surface area contributed by atoms with E-state index in [9.17, 15) is 33.6 Å². The minimum Gasteiger partial charge on any atom is -0.459 e. The molecule has 14 heteroatoms. The molecule has 0 heterocycles. The van der Waals surface area contributed by atoms with Gasteiger partial charge in [-0.1, -0.05) is 451 Å². The Morgan fingerprint density at radius 1 is 0.147 bits per heavy atom. The summed E-state index contributed by atoms with van der Waals surface area (Å²) in [6, 6.07) is 0. The van der Waals surface area contributed by atoms with Crippen LogP contribution < -0.4 is 0 Å². The van der Waals surface area contributed by atoms with Gasteiger partial charge in [-0.3, -0.25) is 0 Å². The lowest BCUT2D eigenvalue weighted by Gasteiger charge is -2.19. The van der Waals surface area contributed by atoms with Gasteiger partial charge in [0.25, 0.3) is 0 Å². The SMILES string of the molecule is C=C(C)C(=O)OC1CCCCCCCCCCC1.C=C(C)C(=O)OC1CCCCCCCCCCCCCC1.C=C(C)C(=O)OC1CCCCCCCCCCCCCCCCC1.C=CC(=O)OC1CCCCCCC1.C=CC(=O)OC1CCCCCCCCCCC1.C=CC(=O)OC1CCCCCCCCCCCCCC1.C=CC(=O)OC1CCCCCCCCCCCCCCCCC1. The Hall–Kier alpha value is -5.53. The Bertz CT molecular complexity index is 2810. The van der Waals surface area contributed by atoms with E-state index in [0.717, 1.165) is 89.9 Å². The molecule has 0 unspecified atom stereocenters. The largest absolute Gasteiger partial charge is 0.459 e. The predicted octanol–water partition coefficient (Wildman–Crippen LogP) is 37.4. The summed E-state index contributed by atoms with van der Waals surface area (Å²) >= 11 is 0. The van der Waals surface area contributed by atoms with E-state index in [0.29, 0.717) is 16.7 Å². The monoisotopic (exact) mass is 1910 g/mol. The Kier molecular flexibility index (Phi) is 92.8. The van der Waals surface area contributed by atoms with Crippen molar-refractivity contribution in [2.24, 2.45) is 0 Å². The summed E-state index contributed by atoms with van der Waals surface area (Å²) in [7, 11) is 0. The summed E-state index contributed by atoms with van der Waals surface area (Å²) in [5.41, 5.74) is 1.56. The number of esters is 7. The van der Waals surface area contributed by atoms with Crippen LogP contribution in [0.3, 0.4) is 0 Å². The Morgan fingerprint density at radius 2 is 0.221 bits per heavy atom. The molecule has 7 saturated carbocycles. The fourth-order valence-corrected chi connectivity index (χ4v) is 19.8. The molecule has 0 aliphatic heterocycles. The van der Waals surface area contributed by atoms with Gasteiger partial charge in [0.05, 0.1) is 0 Å². The van der Waals surface area contributed by atoms with E-state index < -0.39 is 0 Å². The van der Waals surface area contributed by atoms with E-state index in [1.807, 2.05) is 0 Å². The lowest BCUT2D eigenvalue weighted by atomic mass is 9.99. The van der Waals surface area contributed by atoms with Gasteiger partial charge in [0.2, 0.25) is 0 Å². The number of hydrogen-bond acceptors (Lipinski definition) is 14. The average Bonchev–Trinajstić information content (AvgIpc) is 1.17. The van der Waals surface area contributed by atoms with Gasteiger partial charge in [-0.15, -0.1) is 0 Å². The first-order valence-electron chi connectivity index (χ1n) is 58.3. The highest BCUT2D eigenvalue weighted by Crippen LogP contribution is 2.29. The molecule has 0 spiro atoms. The highest BCUT2D eigenvalue weighted by atomic mass is 16.6. The molecule has 7 fully saturated rings. The van der Waals surface area contributed by atoms with E-state index in [2.05, 4.69) is 46.1 Å². The van der Waals surface area contributed by atoms with Crippen molar-refractivity contribution in [2.45, 2.75) is 648 Å². The van der Waals surface area contributed by atoms with Gasteiger partial charge in [-0.25, -0.2) is 33.6 Å².